The first-order valence-electron chi connectivity index (χ1n) is 10.3. The lowest BCUT2D eigenvalue weighted by molar-refractivity contribution is 0.0997. The second-order valence-electron chi connectivity index (χ2n) is 7.63. The number of anilines is 1. The van der Waals surface area contributed by atoms with Gasteiger partial charge in [0.1, 0.15) is 16.9 Å². The normalized spacial score (nSPS) is 11.2. The van der Waals surface area contributed by atoms with E-state index in [4.69, 9.17) is 13.6 Å². The molecule has 1 amide bonds. The van der Waals surface area contributed by atoms with Gasteiger partial charge in [-0.15, -0.1) is 0 Å². The molecule has 0 aliphatic rings. The number of ether oxygens (including phenoxy) is 1. The molecule has 0 radical (unpaired) electrons. The predicted octanol–water partition coefficient (Wildman–Crippen LogP) is 7.50. The van der Waals surface area contributed by atoms with Crippen molar-refractivity contribution in [2.75, 3.05) is 12.4 Å². The fourth-order valence-electron chi connectivity index (χ4n) is 3.85. The van der Waals surface area contributed by atoms with Crippen LogP contribution in [0.3, 0.4) is 0 Å². The molecule has 0 saturated carbocycles. The van der Waals surface area contributed by atoms with Crippen molar-refractivity contribution in [1.29, 1.82) is 0 Å². The van der Waals surface area contributed by atoms with Crippen molar-refractivity contribution in [3.63, 3.8) is 0 Å². The molecule has 3 aromatic carbocycles. The van der Waals surface area contributed by atoms with Gasteiger partial charge in [0, 0.05) is 26.4 Å². The molecule has 0 bridgehead atoms. The topological polar surface area (TPSA) is 81.7 Å². The van der Waals surface area contributed by atoms with Gasteiger partial charge in [-0.2, -0.15) is 0 Å². The highest BCUT2D eigenvalue weighted by Gasteiger charge is 2.26. The van der Waals surface area contributed by atoms with Crippen LogP contribution in [0.4, 0.5) is 5.69 Å². The third kappa shape index (κ3) is 3.82. The standard InChI is InChI=1S/C26H17Br2NO5/c1-13-16-9-8-15(27)12-21(16)34-24(13)26(31)29-22-17-5-3-4-6-19(17)33-25(22)23(30)14-7-10-20(32-2)18(28)11-14/h3-12H,1-2H3,(H,29,31). The summed E-state index contributed by atoms with van der Waals surface area (Å²) in [7, 11) is 1.55. The average molecular weight is 583 g/mol. The molecule has 34 heavy (non-hydrogen) atoms. The molecule has 0 atom stereocenters. The summed E-state index contributed by atoms with van der Waals surface area (Å²) in [5.74, 6) is -0.0461. The molecular formula is C26H17Br2NO5. The molecular weight excluding hydrogens is 566 g/mol. The van der Waals surface area contributed by atoms with Crippen molar-refractivity contribution in [2.45, 2.75) is 6.92 Å². The molecule has 5 rings (SSSR count). The number of benzene rings is 3. The predicted molar refractivity (Wildman–Crippen MR) is 137 cm³/mol. The van der Waals surface area contributed by atoms with Crippen LogP contribution in [0.5, 0.6) is 5.75 Å². The van der Waals surface area contributed by atoms with Gasteiger partial charge in [-0.3, -0.25) is 9.59 Å². The van der Waals surface area contributed by atoms with Gasteiger partial charge in [0.15, 0.2) is 11.5 Å². The zero-order valence-corrected chi connectivity index (χ0v) is 21.2. The maximum Gasteiger partial charge on any atom is 0.291 e. The van der Waals surface area contributed by atoms with Gasteiger partial charge in [-0.1, -0.05) is 28.1 Å². The summed E-state index contributed by atoms with van der Waals surface area (Å²) >= 11 is 6.83. The molecule has 5 aromatic rings. The number of carbonyl (C=O) groups excluding carboxylic acids is 2. The fourth-order valence-corrected chi connectivity index (χ4v) is 4.74. The van der Waals surface area contributed by atoms with Crippen LogP contribution >= 0.6 is 31.9 Å². The highest BCUT2D eigenvalue weighted by Crippen LogP contribution is 2.35. The molecule has 2 aromatic heterocycles. The number of amides is 1. The molecule has 0 unspecified atom stereocenters. The van der Waals surface area contributed by atoms with Crippen molar-refractivity contribution in [2.24, 2.45) is 0 Å². The molecule has 0 saturated heterocycles. The highest BCUT2D eigenvalue weighted by atomic mass is 79.9. The van der Waals surface area contributed by atoms with Gasteiger partial charge in [-0.25, -0.2) is 0 Å². The number of methoxy groups -OCH3 is 1. The van der Waals surface area contributed by atoms with E-state index in [1.165, 1.54) is 0 Å². The molecule has 2 heterocycles. The quantitative estimate of drug-likeness (QED) is 0.217. The summed E-state index contributed by atoms with van der Waals surface area (Å²) in [6.07, 6.45) is 0. The lowest BCUT2D eigenvalue weighted by Crippen LogP contribution is -2.14. The van der Waals surface area contributed by atoms with Crippen molar-refractivity contribution >= 4 is 71.2 Å². The summed E-state index contributed by atoms with van der Waals surface area (Å²) in [4.78, 5) is 26.7. The van der Waals surface area contributed by atoms with Gasteiger partial charge < -0.3 is 18.9 Å². The molecule has 8 heteroatoms. The number of para-hydroxylation sites is 1. The van der Waals surface area contributed by atoms with E-state index in [-0.39, 0.29) is 17.3 Å². The van der Waals surface area contributed by atoms with Crippen LogP contribution in [0.1, 0.15) is 32.2 Å². The third-order valence-corrected chi connectivity index (χ3v) is 6.67. The first-order chi connectivity index (χ1) is 16.4. The summed E-state index contributed by atoms with van der Waals surface area (Å²) < 4.78 is 18.5. The van der Waals surface area contributed by atoms with Gasteiger partial charge in [0.25, 0.3) is 5.91 Å². The molecule has 170 valence electrons. The number of hydrogen-bond donors (Lipinski definition) is 1. The van der Waals surface area contributed by atoms with Crippen molar-refractivity contribution < 1.29 is 23.2 Å². The summed E-state index contributed by atoms with van der Waals surface area (Å²) in [5, 5.41) is 4.31. The Morgan fingerprint density at radius 2 is 1.65 bits per heavy atom. The summed E-state index contributed by atoms with van der Waals surface area (Å²) in [5.41, 5.74) is 2.46. The van der Waals surface area contributed by atoms with E-state index in [2.05, 4.69) is 37.2 Å². The number of rotatable bonds is 5. The van der Waals surface area contributed by atoms with Crippen LogP contribution in [0.25, 0.3) is 21.9 Å². The minimum absolute atomic E-state index is 0.0307. The van der Waals surface area contributed by atoms with Gasteiger partial charge in [0.05, 0.1) is 17.3 Å². The molecule has 0 aliphatic carbocycles. The average Bonchev–Trinajstić information content (AvgIpc) is 3.36. The molecule has 0 aliphatic heterocycles. The van der Waals surface area contributed by atoms with E-state index in [0.29, 0.717) is 43.6 Å². The van der Waals surface area contributed by atoms with Crippen LogP contribution in [0.2, 0.25) is 0 Å². The van der Waals surface area contributed by atoms with E-state index in [9.17, 15) is 9.59 Å². The molecule has 0 fully saturated rings. The Labute approximate surface area is 211 Å². The Balaban J connectivity index is 1.58. The molecule has 0 spiro atoms. The van der Waals surface area contributed by atoms with Crippen LogP contribution in [-0.4, -0.2) is 18.8 Å². The van der Waals surface area contributed by atoms with Crippen LogP contribution in [0.15, 0.2) is 78.4 Å². The SMILES string of the molecule is COc1ccc(C(=O)c2oc3ccccc3c2NC(=O)c2oc3cc(Br)ccc3c2C)cc1Br. The van der Waals surface area contributed by atoms with Crippen molar-refractivity contribution in [3.8, 4) is 5.75 Å². The second-order valence-corrected chi connectivity index (χ2v) is 9.40. The Morgan fingerprint density at radius 1 is 0.882 bits per heavy atom. The lowest BCUT2D eigenvalue weighted by Gasteiger charge is -2.07. The van der Waals surface area contributed by atoms with E-state index >= 15 is 0 Å². The Morgan fingerprint density at radius 3 is 2.41 bits per heavy atom. The summed E-state index contributed by atoms with van der Waals surface area (Å²) in [6.45, 7) is 1.82. The largest absolute Gasteiger partial charge is 0.496 e. The van der Waals surface area contributed by atoms with E-state index in [1.807, 2.05) is 31.2 Å². The number of halogens is 2. The number of fused-ring (bicyclic) bond motifs is 2. The first kappa shape index (κ1) is 22.4. The van der Waals surface area contributed by atoms with Crippen LogP contribution in [-0.2, 0) is 0 Å². The highest BCUT2D eigenvalue weighted by molar-refractivity contribution is 9.10. The van der Waals surface area contributed by atoms with E-state index < -0.39 is 5.91 Å². The van der Waals surface area contributed by atoms with E-state index in [1.54, 1.807) is 43.5 Å². The lowest BCUT2D eigenvalue weighted by atomic mass is 10.1. The Hall–Kier alpha value is -3.36. The van der Waals surface area contributed by atoms with Gasteiger partial charge in [-0.05, 0) is 71.4 Å². The van der Waals surface area contributed by atoms with Crippen molar-refractivity contribution in [3.05, 3.63) is 92.3 Å². The van der Waals surface area contributed by atoms with Crippen molar-refractivity contribution in [1.82, 2.24) is 0 Å². The van der Waals surface area contributed by atoms with Crippen LogP contribution in [0, 0.1) is 6.92 Å². The third-order valence-electron chi connectivity index (χ3n) is 5.56. The zero-order chi connectivity index (χ0) is 24.0. The Kier molecular flexibility index (Phi) is 5.79. The molecule has 1 N–H and O–H groups in total. The first-order valence-corrected chi connectivity index (χ1v) is 11.9. The summed E-state index contributed by atoms with van der Waals surface area (Å²) in [6, 6.07) is 17.7. The molecule has 6 nitrogen and oxygen atoms in total. The number of hydrogen-bond acceptors (Lipinski definition) is 5. The monoisotopic (exact) mass is 581 g/mol. The van der Waals surface area contributed by atoms with Crippen LogP contribution < -0.4 is 10.1 Å². The number of ketones is 1. The smallest absolute Gasteiger partial charge is 0.291 e. The van der Waals surface area contributed by atoms with Gasteiger partial charge >= 0.3 is 0 Å². The minimum Gasteiger partial charge on any atom is -0.496 e. The minimum atomic E-state index is -0.471. The maximum absolute atomic E-state index is 13.4. The van der Waals surface area contributed by atoms with E-state index in [0.717, 1.165) is 9.86 Å². The number of nitrogens with one attached hydrogen (secondary N) is 1. The number of furan rings is 2. The zero-order valence-electron chi connectivity index (χ0n) is 18.1. The number of aryl methyl sites for hydroxylation is 1. The second kappa shape index (κ2) is 8.77. The maximum atomic E-state index is 13.4. The fraction of sp³-hybridized carbons (Fsp3) is 0.0769. The number of carbonyl (C=O) groups is 2. The van der Waals surface area contributed by atoms with Gasteiger partial charge in [0.2, 0.25) is 5.78 Å². The Bertz CT molecular complexity index is 1600.